The number of nitrogens with two attached hydrogens (primary N) is 1. The summed E-state index contributed by atoms with van der Waals surface area (Å²) < 4.78 is 0. The van der Waals surface area contributed by atoms with Crippen LogP contribution in [0.25, 0.3) is 11.1 Å². The number of aromatic nitrogens is 1. The maximum absolute atomic E-state index is 5.96. The highest BCUT2D eigenvalue weighted by atomic mass is 35.5. The van der Waals surface area contributed by atoms with Crippen LogP contribution < -0.4 is 5.73 Å². The van der Waals surface area contributed by atoms with Crippen molar-refractivity contribution in [1.29, 1.82) is 0 Å². The smallest absolute Gasteiger partial charge is 0.0412 e. The molecule has 76 valence electrons. The lowest BCUT2D eigenvalue weighted by Gasteiger charge is -2.07. The number of rotatable bonds is 2. The van der Waals surface area contributed by atoms with E-state index < -0.39 is 0 Å². The Hall–Kier alpha value is -1.38. The molecule has 0 amide bonds. The van der Waals surface area contributed by atoms with Gasteiger partial charge in [-0.15, -0.1) is 0 Å². The van der Waals surface area contributed by atoms with Gasteiger partial charge in [0.05, 0.1) is 0 Å². The number of hydrogen-bond acceptors (Lipinski definition) is 2. The Morgan fingerprint density at radius 3 is 2.80 bits per heavy atom. The monoisotopic (exact) mass is 218 g/mol. The van der Waals surface area contributed by atoms with Crippen LogP contribution in [0.4, 0.5) is 0 Å². The molecule has 1 heterocycles. The normalized spacial score (nSPS) is 10.3. The summed E-state index contributed by atoms with van der Waals surface area (Å²) in [5.41, 5.74) is 8.85. The highest BCUT2D eigenvalue weighted by Crippen LogP contribution is 2.25. The molecule has 0 aliphatic rings. The predicted octanol–water partition coefficient (Wildman–Crippen LogP) is 2.86. The van der Waals surface area contributed by atoms with Crippen molar-refractivity contribution in [3.8, 4) is 11.1 Å². The van der Waals surface area contributed by atoms with E-state index in [0.29, 0.717) is 11.6 Å². The standard InChI is InChI=1S/C12H11ClN2/c13-11-4-3-9(7-14)12(6-11)10-2-1-5-15-8-10/h1-6,8H,7,14H2. The summed E-state index contributed by atoms with van der Waals surface area (Å²) in [6, 6.07) is 9.61. The number of halogens is 1. The molecule has 0 bridgehead atoms. The minimum atomic E-state index is 0.501. The molecule has 0 atom stereocenters. The summed E-state index contributed by atoms with van der Waals surface area (Å²) in [6.07, 6.45) is 3.56. The first kappa shape index (κ1) is 10.1. The third-order valence-corrected chi connectivity index (χ3v) is 2.50. The van der Waals surface area contributed by atoms with Crippen LogP contribution in [0.2, 0.25) is 5.02 Å². The van der Waals surface area contributed by atoms with E-state index >= 15 is 0 Å². The fraction of sp³-hybridized carbons (Fsp3) is 0.0833. The highest BCUT2D eigenvalue weighted by Gasteiger charge is 2.04. The molecule has 1 aromatic heterocycles. The summed E-state index contributed by atoms with van der Waals surface area (Å²) in [6.45, 7) is 0.501. The summed E-state index contributed by atoms with van der Waals surface area (Å²) in [5.74, 6) is 0. The molecule has 2 N–H and O–H groups in total. The van der Waals surface area contributed by atoms with E-state index in [-0.39, 0.29) is 0 Å². The first-order valence-electron chi connectivity index (χ1n) is 4.70. The Morgan fingerprint density at radius 2 is 2.13 bits per heavy atom. The maximum Gasteiger partial charge on any atom is 0.0412 e. The molecule has 3 heteroatoms. The van der Waals surface area contributed by atoms with Crippen LogP contribution in [-0.2, 0) is 6.54 Å². The third kappa shape index (κ3) is 2.17. The van der Waals surface area contributed by atoms with Gasteiger partial charge in [0.2, 0.25) is 0 Å². The van der Waals surface area contributed by atoms with Crippen molar-refractivity contribution in [3.63, 3.8) is 0 Å². The van der Waals surface area contributed by atoms with E-state index in [1.807, 2.05) is 36.5 Å². The quantitative estimate of drug-likeness (QED) is 0.842. The van der Waals surface area contributed by atoms with Gasteiger partial charge in [-0.05, 0) is 29.3 Å². The minimum absolute atomic E-state index is 0.501. The van der Waals surface area contributed by atoms with Crippen LogP contribution in [-0.4, -0.2) is 4.98 Å². The van der Waals surface area contributed by atoms with Gasteiger partial charge in [-0.1, -0.05) is 23.7 Å². The Labute approximate surface area is 93.7 Å². The van der Waals surface area contributed by atoms with Gasteiger partial charge in [-0.3, -0.25) is 4.98 Å². The molecule has 15 heavy (non-hydrogen) atoms. The summed E-state index contributed by atoms with van der Waals surface area (Å²) in [7, 11) is 0. The second-order valence-corrected chi connectivity index (χ2v) is 3.68. The van der Waals surface area contributed by atoms with E-state index in [1.54, 1.807) is 6.20 Å². The Balaban J connectivity index is 2.56. The van der Waals surface area contributed by atoms with E-state index in [1.165, 1.54) is 0 Å². The second kappa shape index (κ2) is 4.43. The summed E-state index contributed by atoms with van der Waals surface area (Å²) >= 11 is 5.96. The molecule has 2 aromatic rings. The lowest BCUT2D eigenvalue weighted by Crippen LogP contribution is -1.98. The molecule has 2 nitrogen and oxygen atoms in total. The topological polar surface area (TPSA) is 38.9 Å². The van der Waals surface area contributed by atoms with Gasteiger partial charge in [-0.2, -0.15) is 0 Å². The summed E-state index contributed by atoms with van der Waals surface area (Å²) in [4.78, 5) is 4.08. The average Bonchev–Trinajstić information content (AvgIpc) is 2.30. The fourth-order valence-corrected chi connectivity index (χ4v) is 1.69. The molecule has 0 aliphatic heterocycles. The van der Waals surface area contributed by atoms with Gasteiger partial charge in [0.25, 0.3) is 0 Å². The Morgan fingerprint density at radius 1 is 1.27 bits per heavy atom. The van der Waals surface area contributed by atoms with E-state index in [4.69, 9.17) is 17.3 Å². The van der Waals surface area contributed by atoms with Crippen LogP contribution in [0.15, 0.2) is 42.7 Å². The first-order valence-corrected chi connectivity index (χ1v) is 5.08. The van der Waals surface area contributed by atoms with E-state index in [0.717, 1.165) is 16.7 Å². The highest BCUT2D eigenvalue weighted by molar-refractivity contribution is 6.30. The Bertz CT molecular complexity index is 454. The number of benzene rings is 1. The lowest BCUT2D eigenvalue weighted by molar-refractivity contribution is 1.07. The zero-order chi connectivity index (χ0) is 10.7. The molecule has 0 aliphatic carbocycles. The lowest BCUT2D eigenvalue weighted by atomic mass is 10.0. The molecular formula is C12H11ClN2. The average molecular weight is 219 g/mol. The van der Waals surface area contributed by atoms with Crippen LogP contribution in [0, 0.1) is 0 Å². The second-order valence-electron chi connectivity index (χ2n) is 3.25. The number of nitrogens with zero attached hydrogens (tertiary/aromatic N) is 1. The van der Waals surface area contributed by atoms with Crippen molar-refractivity contribution in [2.24, 2.45) is 5.73 Å². The van der Waals surface area contributed by atoms with Gasteiger partial charge in [0.15, 0.2) is 0 Å². The molecule has 2 rings (SSSR count). The van der Waals surface area contributed by atoms with E-state index in [9.17, 15) is 0 Å². The zero-order valence-corrected chi connectivity index (χ0v) is 8.91. The third-order valence-electron chi connectivity index (χ3n) is 2.26. The molecular weight excluding hydrogens is 208 g/mol. The van der Waals surface area contributed by atoms with Gasteiger partial charge >= 0.3 is 0 Å². The number of pyridine rings is 1. The van der Waals surface area contributed by atoms with Gasteiger partial charge < -0.3 is 5.73 Å². The van der Waals surface area contributed by atoms with Crippen molar-refractivity contribution in [2.45, 2.75) is 6.54 Å². The van der Waals surface area contributed by atoms with Crippen molar-refractivity contribution in [1.82, 2.24) is 4.98 Å². The van der Waals surface area contributed by atoms with Gasteiger partial charge in [-0.25, -0.2) is 0 Å². The maximum atomic E-state index is 5.96. The van der Waals surface area contributed by atoms with Crippen molar-refractivity contribution in [2.75, 3.05) is 0 Å². The fourth-order valence-electron chi connectivity index (χ4n) is 1.52. The van der Waals surface area contributed by atoms with Crippen LogP contribution >= 0.6 is 11.6 Å². The minimum Gasteiger partial charge on any atom is -0.326 e. The van der Waals surface area contributed by atoms with Crippen molar-refractivity contribution < 1.29 is 0 Å². The van der Waals surface area contributed by atoms with Crippen LogP contribution in [0.3, 0.4) is 0 Å². The number of hydrogen-bond donors (Lipinski definition) is 1. The SMILES string of the molecule is NCc1ccc(Cl)cc1-c1cccnc1. The molecule has 0 saturated heterocycles. The van der Waals surface area contributed by atoms with Crippen LogP contribution in [0.1, 0.15) is 5.56 Å². The van der Waals surface area contributed by atoms with Crippen LogP contribution in [0.5, 0.6) is 0 Å². The molecule has 1 aromatic carbocycles. The predicted molar refractivity (Wildman–Crippen MR) is 62.6 cm³/mol. The molecule has 0 saturated carbocycles. The zero-order valence-electron chi connectivity index (χ0n) is 8.15. The van der Waals surface area contributed by atoms with E-state index in [2.05, 4.69) is 4.98 Å². The molecule has 0 spiro atoms. The molecule has 0 unspecified atom stereocenters. The van der Waals surface area contributed by atoms with Gasteiger partial charge in [0, 0.05) is 29.5 Å². The molecule has 0 radical (unpaired) electrons. The largest absolute Gasteiger partial charge is 0.326 e. The first-order chi connectivity index (χ1) is 7.31. The summed E-state index contributed by atoms with van der Waals surface area (Å²) in [5, 5.41) is 0.714. The molecule has 0 fully saturated rings. The Kier molecular flexibility index (Phi) is 2.99. The van der Waals surface area contributed by atoms with Crippen molar-refractivity contribution in [3.05, 3.63) is 53.3 Å². The van der Waals surface area contributed by atoms with Gasteiger partial charge in [0.1, 0.15) is 0 Å². The van der Waals surface area contributed by atoms with Crippen molar-refractivity contribution >= 4 is 11.6 Å².